The number of rotatable bonds is 2. The predicted octanol–water partition coefficient (Wildman–Crippen LogP) is 2.81. The van der Waals surface area contributed by atoms with Crippen LogP contribution in [0.4, 0.5) is 0 Å². The molecule has 0 bridgehead atoms. The van der Waals surface area contributed by atoms with Gasteiger partial charge in [-0.25, -0.2) is 4.98 Å². The lowest BCUT2D eigenvalue weighted by molar-refractivity contribution is 0.195. The van der Waals surface area contributed by atoms with Crippen molar-refractivity contribution in [1.82, 2.24) is 4.98 Å². The van der Waals surface area contributed by atoms with Gasteiger partial charge in [0.1, 0.15) is 5.15 Å². The van der Waals surface area contributed by atoms with Crippen LogP contribution in [0.15, 0.2) is 30.3 Å². The van der Waals surface area contributed by atoms with Gasteiger partial charge in [-0.15, -0.1) is 0 Å². The fourth-order valence-corrected chi connectivity index (χ4v) is 1.82. The Balaban J connectivity index is 2.52. The molecule has 1 N–H and O–H groups in total. The summed E-state index contributed by atoms with van der Waals surface area (Å²) in [7, 11) is 0. The Kier molecular flexibility index (Phi) is 2.89. The number of aromatic nitrogens is 1. The van der Waals surface area contributed by atoms with Crippen LogP contribution in [-0.4, -0.2) is 16.2 Å². The van der Waals surface area contributed by atoms with Gasteiger partial charge in [-0.2, -0.15) is 0 Å². The summed E-state index contributed by atoms with van der Waals surface area (Å²) in [5.74, 6) is 0. The number of pyridine rings is 1. The number of hydrogen-bond donors (Lipinski definition) is 1. The molecule has 2 rings (SSSR count). The van der Waals surface area contributed by atoms with E-state index < -0.39 is 6.10 Å². The summed E-state index contributed by atoms with van der Waals surface area (Å²) in [6.45, 7) is 1.74. The molecule has 0 radical (unpaired) electrons. The highest BCUT2D eigenvalue weighted by molar-refractivity contribution is 6.30. The fraction of sp³-hybridized carbons (Fsp3) is 0.250. The molecule has 1 heterocycles. The molecule has 0 spiro atoms. The van der Waals surface area contributed by atoms with Gasteiger partial charge in [-0.1, -0.05) is 29.8 Å². The maximum Gasteiger partial charge on any atom is 0.133 e. The smallest absolute Gasteiger partial charge is 0.133 e. The molecule has 2 nitrogen and oxygen atoms in total. The molecule has 78 valence electrons. The molecule has 15 heavy (non-hydrogen) atoms. The van der Waals surface area contributed by atoms with E-state index in [1.807, 2.05) is 30.3 Å². The van der Waals surface area contributed by atoms with Gasteiger partial charge in [0.05, 0.1) is 11.6 Å². The Morgan fingerprint density at radius 3 is 2.87 bits per heavy atom. The van der Waals surface area contributed by atoms with Crippen molar-refractivity contribution in [3.63, 3.8) is 0 Å². The summed E-state index contributed by atoms with van der Waals surface area (Å²) in [5.41, 5.74) is 1.78. The van der Waals surface area contributed by atoms with Crippen LogP contribution in [0.25, 0.3) is 10.9 Å². The number of nitrogens with zero attached hydrogens (tertiary/aromatic N) is 1. The van der Waals surface area contributed by atoms with Crippen molar-refractivity contribution in [1.29, 1.82) is 0 Å². The highest BCUT2D eigenvalue weighted by atomic mass is 35.5. The van der Waals surface area contributed by atoms with Gasteiger partial charge in [0.15, 0.2) is 0 Å². The first-order chi connectivity index (χ1) is 7.16. The minimum absolute atomic E-state index is 0.398. The largest absolute Gasteiger partial charge is 0.393 e. The first kappa shape index (κ1) is 10.4. The van der Waals surface area contributed by atoms with Crippen LogP contribution in [-0.2, 0) is 6.42 Å². The normalized spacial score (nSPS) is 13.0. The predicted molar refractivity (Wildman–Crippen MR) is 62.1 cm³/mol. The zero-order valence-corrected chi connectivity index (χ0v) is 9.20. The Hall–Kier alpha value is -1.12. The summed E-state index contributed by atoms with van der Waals surface area (Å²) < 4.78 is 0. The zero-order chi connectivity index (χ0) is 10.8. The molecule has 1 atom stereocenters. The maximum atomic E-state index is 9.32. The van der Waals surface area contributed by atoms with Crippen LogP contribution >= 0.6 is 11.6 Å². The van der Waals surface area contributed by atoms with Crippen molar-refractivity contribution in [2.24, 2.45) is 0 Å². The van der Waals surface area contributed by atoms with Crippen LogP contribution < -0.4 is 0 Å². The van der Waals surface area contributed by atoms with E-state index in [0.717, 1.165) is 16.5 Å². The third kappa shape index (κ3) is 2.28. The molecular weight excluding hydrogens is 210 g/mol. The van der Waals surface area contributed by atoms with E-state index in [1.54, 1.807) is 6.92 Å². The monoisotopic (exact) mass is 221 g/mol. The first-order valence-electron chi connectivity index (χ1n) is 4.89. The number of aliphatic hydroxyl groups excluding tert-OH is 1. The number of halogens is 1. The molecule has 0 amide bonds. The Bertz CT molecular complexity index is 482. The number of para-hydroxylation sites is 1. The number of fused-ring (bicyclic) bond motifs is 1. The van der Waals surface area contributed by atoms with Gasteiger partial charge in [-0.3, -0.25) is 0 Å². The molecule has 0 unspecified atom stereocenters. The lowest BCUT2D eigenvalue weighted by atomic mass is 10.1. The maximum absolute atomic E-state index is 9.32. The van der Waals surface area contributed by atoms with Crippen LogP contribution in [0.3, 0.4) is 0 Å². The van der Waals surface area contributed by atoms with E-state index in [-0.39, 0.29) is 0 Å². The zero-order valence-electron chi connectivity index (χ0n) is 8.44. The van der Waals surface area contributed by atoms with E-state index >= 15 is 0 Å². The Morgan fingerprint density at radius 1 is 1.40 bits per heavy atom. The number of hydrogen-bond acceptors (Lipinski definition) is 2. The van der Waals surface area contributed by atoms with Gasteiger partial charge in [0.25, 0.3) is 0 Å². The average Bonchev–Trinajstić information content (AvgIpc) is 2.18. The summed E-state index contributed by atoms with van der Waals surface area (Å²) in [4.78, 5) is 4.28. The highest BCUT2D eigenvalue weighted by Crippen LogP contribution is 2.21. The average molecular weight is 222 g/mol. The third-order valence-electron chi connectivity index (χ3n) is 2.27. The van der Waals surface area contributed by atoms with E-state index in [9.17, 15) is 5.11 Å². The number of benzene rings is 1. The van der Waals surface area contributed by atoms with E-state index in [2.05, 4.69) is 4.98 Å². The second-order valence-corrected chi connectivity index (χ2v) is 4.04. The molecule has 0 fully saturated rings. The summed E-state index contributed by atoms with van der Waals surface area (Å²) in [5, 5.41) is 10.9. The van der Waals surface area contributed by atoms with Gasteiger partial charge in [0, 0.05) is 11.8 Å². The topological polar surface area (TPSA) is 33.1 Å². The van der Waals surface area contributed by atoms with E-state index in [4.69, 9.17) is 11.6 Å². The van der Waals surface area contributed by atoms with Crippen molar-refractivity contribution in [3.05, 3.63) is 41.0 Å². The van der Waals surface area contributed by atoms with E-state index in [1.165, 1.54) is 0 Å². The van der Waals surface area contributed by atoms with Crippen molar-refractivity contribution in [2.75, 3.05) is 0 Å². The SMILES string of the molecule is C[C@H](O)Cc1cc2ccccc2nc1Cl. The van der Waals surface area contributed by atoms with Crippen molar-refractivity contribution in [3.8, 4) is 0 Å². The van der Waals surface area contributed by atoms with Crippen molar-refractivity contribution in [2.45, 2.75) is 19.4 Å². The molecule has 1 aromatic heterocycles. The van der Waals surface area contributed by atoms with Crippen LogP contribution in [0.2, 0.25) is 5.15 Å². The van der Waals surface area contributed by atoms with Gasteiger partial charge in [-0.05, 0) is 24.6 Å². The second kappa shape index (κ2) is 4.17. The van der Waals surface area contributed by atoms with Gasteiger partial charge in [0.2, 0.25) is 0 Å². The second-order valence-electron chi connectivity index (χ2n) is 3.68. The van der Waals surface area contributed by atoms with Crippen LogP contribution in [0.1, 0.15) is 12.5 Å². The van der Waals surface area contributed by atoms with Crippen molar-refractivity contribution < 1.29 is 5.11 Å². The molecular formula is C12H12ClNO. The number of aliphatic hydroxyl groups is 1. The Labute approximate surface area is 93.5 Å². The quantitative estimate of drug-likeness (QED) is 0.792. The van der Waals surface area contributed by atoms with Crippen LogP contribution in [0.5, 0.6) is 0 Å². The molecule has 0 saturated heterocycles. The molecule has 3 heteroatoms. The minimum atomic E-state index is -0.398. The first-order valence-corrected chi connectivity index (χ1v) is 5.27. The molecule has 2 aromatic rings. The van der Waals surface area contributed by atoms with Crippen molar-refractivity contribution >= 4 is 22.5 Å². The molecule has 1 aromatic carbocycles. The lowest BCUT2D eigenvalue weighted by Gasteiger charge is -2.07. The van der Waals surface area contributed by atoms with E-state index in [0.29, 0.717) is 11.6 Å². The van der Waals surface area contributed by atoms with Gasteiger partial charge >= 0.3 is 0 Å². The molecule has 0 saturated carbocycles. The van der Waals surface area contributed by atoms with Crippen LogP contribution in [0, 0.1) is 0 Å². The Morgan fingerprint density at radius 2 is 2.13 bits per heavy atom. The highest BCUT2D eigenvalue weighted by Gasteiger charge is 2.06. The molecule has 0 aliphatic rings. The summed E-state index contributed by atoms with van der Waals surface area (Å²) in [6.07, 6.45) is 0.141. The summed E-state index contributed by atoms with van der Waals surface area (Å²) >= 11 is 6.03. The minimum Gasteiger partial charge on any atom is -0.393 e. The molecule has 0 aliphatic carbocycles. The molecule has 0 aliphatic heterocycles. The standard InChI is InChI=1S/C12H12ClNO/c1-8(15)6-10-7-9-4-2-3-5-11(9)14-12(10)13/h2-5,7-8,15H,6H2,1H3/t8-/m0/s1. The fourth-order valence-electron chi connectivity index (χ4n) is 1.60. The van der Waals surface area contributed by atoms with Gasteiger partial charge < -0.3 is 5.11 Å². The summed E-state index contributed by atoms with van der Waals surface area (Å²) in [6, 6.07) is 9.79. The third-order valence-corrected chi connectivity index (χ3v) is 2.59. The lowest BCUT2D eigenvalue weighted by Crippen LogP contribution is -2.05.